The first-order valence-electron chi connectivity index (χ1n) is 6.27. The standard InChI is InChI=1S/C16H14ClNS/c1-11-18-10-16(19-11)15(17)9-13-7-4-6-12-5-2-3-8-14(12)13/h2-8,10,15H,9H2,1H3. The maximum Gasteiger partial charge on any atom is 0.0897 e. The van der Waals surface area contributed by atoms with Crippen LogP contribution in [0.25, 0.3) is 10.8 Å². The molecule has 1 aromatic heterocycles. The van der Waals surface area contributed by atoms with E-state index >= 15 is 0 Å². The summed E-state index contributed by atoms with van der Waals surface area (Å²) in [5.74, 6) is 0. The average Bonchev–Trinajstić information content (AvgIpc) is 2.86. The summed E-state index contributed by atoms with van der Waals surface area (Å²) in [6.07, 6.45) is 2.73. The molecule has 3 rings (SSSR count). The highest BCUT2D eigenvalue weighted by Gasteiger charge is 2.13. The molecule has 1 nitrogen and oxygen atoms in total. The van der Waals surface area contributed by atoms with Gasteiger partial charge in [-0.2, -0.15) is 0 Å². The molecule has 0 amide bonds. The smallest absolute Gasteiger partial charge is 0.0897 e. The van der Waals surface area contributed by atoms with Crippen LogP contribution in [0.3, 0.4) is 0 Å². The van der Waals surface area contributed by atoms with E-state index in [-0.39, 0.29) is 5.38 Å². The van der Waals surface area contributed by atoms with Crippen LogP contribution in [-0.2, 0) is 6.42 Å². The van der Waals surface area contributed by atoms with Crippen molar-refractivity contribution in [2.45, 2.75) is 18.7 Å². The van der Waals surface area contributed by atoms with Crippen molar-refractivity contribution in [1.29, 1.82) is 0 Å². The van der Waals surface area contributed by atoms with Gasteiger partial charge in [0.15, 0.2) is 0 Å². The fourth-order valence-electron chi connectivity index (χ4n) is 2.29. The molecular weight excluding hydrogens is 274 g/mol. The summed E-state index contributed by atoms with van der Waals surface area (Å²) in [4.78, 5) is 5.42. The molecule has 0 saturated heterocycles. The van der Waals surface area contributed by atoms with Gasteiger partial charge in [0.2, 0.25) is 0 Å². The van der Waals surface area contributed by atoms with E-state index in [2.05, 4.69) is 47.4 Å². The van der Waals surface area contributed by atoms with Gasteiger partial charge in [0.25, 0.3) is 0 Å². The van der Waals surface area contributed by atoms with Crippen LogP contribution in [0.2, 0.25) is 0 Å². The second-order valence-electron chi connectivity index (χ2n) is 4.59. The van der Waals surface area contributed by atoms with E-state index in [1.807, 2.05) is 13.1 Å². The SMILES string of the molecule is Cc1ncc(C(Cl)Cc2cccc3ccccc23)s1. The first-order chi connectivity index (χ1) is 9.24. The Balaban J connectivity index is 1.93. The molecule has 0 aliphatic heterocycles. The largest absolute Gasteiger partial charge is 0.250 e. The van der Waals surface area contributed by atoms with Crippen molar-refractivity contribution in [1.82, 2.24) is 4.98 Å². The molecule has 0 N–H and O–H groups in total. The second kappa shape index (κ2) is 5.32. The van der Waals surface area contributed by atoms with Crippen molar-refractivity contribution < 1.29 is 0 Å². The first kappa shape index (κ1) is 12.6. The number of nitrogens with zero attached hydrogens (tertiary/aromatic N) is 1. The predicted molar refractivity (Wildman–Crippen MR) is 83.1 cm³/mol. The zero-order chi connectivity index (χ0) is 13.2. The third-order valence-electron chi connectivity index (χ3n) is 3.23. The van der Waals surface area contributed by atoms with Gasteiger partial charge in [-0.25, -0.2) is 4.98 Å². The summed E-state index contributed by atoms with van der Waals surface area (Å²) in [5, 5.41) is 3.62. The summed E-state index contributed by atoms with van der Waals surface area (Å²) in [6.45, 7) is 2.01. The molecular formula is C16H14ClNS. The average molecular weight is 288 g/mol. The van der Waals surface area contributed by atoms with Crippen LogP contribution in [0.15, 0.2) is 48.7 Å². The third kappa shape index (κ3) is 2.65. The van der Waals surface area contributed by atoms with Crippen LogP contribution in [0.5, 0.6) is 0 Å². The van der Waals surface area contributed by atoms with Crippen molar-refractivity contribution in [2.24, 2.45) is 0 Å². The summed E-state index contributed by atoms with van der Waals surface area (Å²) in [7, 11) is 0. The van der Waals surface area contributed by atoms with Crippen molar-refractivity contribution >= 4 is 33.7 Å². The van der Waals surface area contributed by atoms with Gasteiger partial charge >= 0.3 is 0 Å². The van der Waals surface area contributed by atoms with Crippen LogP contribution >= 0.6 is 22.9 Å². The van der Waals surface area contributed by atoms with Gasteiger partial charge in [-0.1, -0.05) is 42.5 Å². The van der Waals surface area contributed by atoms with E-state index < -0.39 is 0 Å². The number of rotatable bonds is 3. The van der Waals surface area contributed by atoms with Crippen molar-refractivity contribution in [3.63, 3.8) is 0 Å². The normalized spacial score (nSPS) is 12.7. The zero-order valence-corrected chi connectivity index (χ0v) is 12.2. The Morgan fingerprint density at radius 2 is 1.95 bits per heavy atom. The maximum absolute atomic E-state index is 6.52. The number of thiazole rings is 1. The molecule has 96 valence electrons. The summed E-state index contributed by atoms with van der Waals surface area (Å²) in [5.41, 5.74) is 1.30. The highest BCUT2D eigenvalue weighted by Crippen LogP contribution is 2.31. The minimum absolute atomic E-state index is 0.00277. The number of hydrogen-bond donors (Lipinski definition) is 0. The molecule has 0 aliphatic rings. The molecule has 1 heterocycles. The van der Waals surface area contributed by atoms with Crippen molar-refractivity contribution in [3.05, 3.63) is 64.1 Å². The zero-order valence-electron chi connectivity index (χ0n) is 10.6. The quantitative estimate of drug-likeness (QED) is 0.609. The molecule has 3 aromatic rings. The lowest BCUT2D eigenvalue weighted by atomic mass is 10.0. The van der Waals surface area contributed by atoms with Crippen LogP contribution in [0, 0.1) is 6.92 Å². The summed E-state index contributed by atoms with van der Waals surface area (Å²) >= 11 is 8.20. The van der Waals surface area contributed by atoms with Gasteiger partial charge < -0.3 is 0 Å². The molecule has 0 bridgehead atoms. The lowest BCUT2D eigenvalue weighted by Crippen LogP contribution is -1.94. The molecule has 0 radical (unpaired) electrons. The monoisotopic (exact) mass is 287 g/mol. The lowest BCUT2D eigenvalue weighted by molar-refractivity contribution is 0.944. The van der Waals surface area contributed by atoms with E-state index in [9.17, 15) is 0 Å². The number of benzene rings is 2. The second-order valence-corrected chi connectivity index (χ2v) is 6.38. The minimum atomic E-state index is -0.00277. The number of fused-ring (bicyclic) bond motifs is 1. The fourth-order valence-corrected chi connectivity index (χ4v) is 3.41. The van der Waals surface area contributed by atoms with Gasteiger partial charge in [0, 0.05) is 11.1 Å². The van der Waals surface area contributed by atoms with Crippen LogP contribution < -0.4 is 0 Å². The van der Waals surface area contributed by atoms with E-state index in [1.54, 1.807) is 11.3 Å². The molecule has 2 aromatic carbocycles. The molecule has 0 aliphatic carbocycles. The van der Waals surface area contributed by atoms with Gasteiger partial charge in [0.1, 0.15) is 0 Å². The summed E-state index contributed by atoms with van der Waals surface area (Å²) in [6, 6.07) is 14.8. The fraction of sp³-hybridized carbons (Fsp3) is 0.188. The molecule has 0 spiro atoms. The topological polar surface area (TPSA) is 12.9 Å². The highest BCUT2D eigenvalue weighted by molar-refractivity contribution is 7.11. The van der Waals surface area contributed by atoms with Crippen LogP contribution in [-0.4, -0.2) is 4.98 Å². The van der Waals surface area contributed by atoms with Gasteiger partial charge in [-0.15, -0.1) is 22.9 Å². The molecule has 0 fully saturated rings. The molecule has 1 unspecified atom stereocenters. The Bertz CT molecular complexity index is 699. The van der Waals surface area contributed by atoms with Crippen molar-refractivity contribution in [2.75, 3.05) is 0 Å². The Labute approximate surface area is 121 Å². The Morgan fingerprint density at radius 3 is 2.74 bits per heavy atom. The number of alkyl halides is 1. The number of aryl methyl sites for hydroxylation is 1. The van der Waals surface area contributed by atoms with Gasteiger partial charge in [0.05, 0.1) is 10.4 Å². The first-order valence-corrected chi connectivity index (χ1v) is 7.52. The van der Waals surface area contributed by atoms with Crippen LogP contribution in [0.4, 0.5) is 0 Å². The predicted octanol–water partition coefficient (Wildman–Crippen LogP) is 5.13. The number of aromatic nitrogens is 1. The van der Waals surface area contributed by atoms with E-state index in [0.717, 1.165) is 16.3 Å². The number of hydrogen-bond acceptors (Lipinski definition) is 2. The Hall–Kier alpha value is -1.38. The molecule has 1 atom stereocenters. The molecule has 19 heavy (non-hydrogen) atoms. The molecule has 3 heteroatoms. The van der Waals surface area contributed by atoms with Crippen LogP contribution in [0.1, 0.15) is 20.8 Å². The van der Waals surface area contributed by atoms with E-state index in [0.29, 0.717) is 0 Å². The Morgan fingerprint density at radius 1 is 1.16 bits per heavy atom. The van der Waals surface area contributed by atoms with Gasteiger partial charge in [-0.3, -0.25) is 0 Å². The molecule has 0 saturated carbocycles. The maximum atomic E-state index is 6.52. The van der Waals surface area contributed by atoms with E-state index in [4.69, 9.17) is 11.6 Å². The summed E-state index contributed by atoms with van der Waals surface area (Å²) < 4.78 is 0. The lowest BCUT2D eigenvalue weighted by Gasteiger charge is -2.10. The minimum Gasteiger partial charge on any atom is -0.250 e. The van der Waals surface area contributed by atoms with E-state index in [1.165, 1.54) is 16.3 Å². The van der Waals surface area contributed by atoms with Gasteiger partial charge in [-0.05, 0) is 29.7 Å². The Kier molecular flexibility index (Phi) is 3.54. The number of halogens is 1. The highest BCUT2D eigenvalue weighted by atomic mass is 35.5. The third-order valence-corrected chi connectivity index (χ3v) is 4.77. The van der Waals surface area contributed by atoms with Crippen molar-refractivity contribution in [3.8, 4) is 0 Å².